The van der Waals surface area contributed by atoms with Gasteiger partial charge in [-0.3, -0.25) is 9.59 Å². The van der Waals surface area contributed by atoms with E-state index in [9.17, 15) is 9.59 Å². The highest BCUT2D eigenvalue weighted by Crippen LogP contribution is 2.13. The van der Waals surface area contributed by atoms with Crippen molar-refractivity contribution in [2.75, 3.05) is 6.54 Å². The van der Waals surface area contributed by atoms with Gasteiger partial charge in [-0.25, -0.2) is 0 Å². The zero-order valence-electron chi connectivity index (χ0n) is 13.1. The SMILES string of the molecule is Cc1ccc(C(C)NC(=O)CNC(=O)c2cccc(Cl)c2)cc1. The van der Waals surface area contributed by atoms with Crippen LogP contribution in [0.2, 0.25) is 5.02 Å². The van der Waals surface area contributed by atoms with Crippen LogP contribution in [0.4, 0.5) is 0 Å². The van der Waals surface area contributed by atoms with Gasteiger partial charge in [-0.15, -0.1) is 0 Å². The van der Waals surface area contributed by atoms with Crippen LogP contribution in [0.5, 0.6) is 0 Å². The molecular formula is C18H19ClN2O2. The van der Waals surface area contributed by atoms with E-state index in [2.05, 4.69) is 10.6 Å². The van der Waals surface area contributed by atoms with E-state index >= 15 is 0 Å². The highest BCUT2D eigenvalue weighted by molar-refractivity contribution is 6.30. The lowest BCUT2D eigenvalue weighted by atomic mass is 10.1. The molecule has 0 aliphatic heterocycles. The number of hydrogen-bond donors (Lipinski definition) is 2. The third-order valence-corrected chi connectivity index (χ3v) is 3.69. The van der Waals surface area contributed by atoms with Gasteiger partial charge in [0.15, 0.2) is 0 Å². The normalized spacial score (nSPS) is 11.6. The van der Waals surface area contributed by atoms with Crippen LogP contribution in [-0.2, 0) is 4.79 Å². The lowest BCUT2D eigenvalue weighted by Gasteiger charge is -2.15. The first-order valence-electron chi connectivity index (χ1n) is 7.35. The van der Waals surface area contributed by atoms with Gasteiger partial charge in [-0.2, -0.15) is 0 Å². The van der Waals surface area contributed by atoms with Crippen LogP contribution >= 0.6 is 11.6 Å². The smallest absolute Gasteiger partial charge is 0.251 e. The first kappa shape index (κ1) is 17.0. The minimum atomic E-state index is -0.328. The second-order valence-corrected chi connectivity index (χ2v) is 5.83. The molecule has 0 bridgehead atoms. The van der Waals surface area contributed by atoms with Gasteiger partial charge in [0.1, 0.15) is 0 Å². The molecule has 2 rings (SSSR count). The minimum Gasteiger partial charge on any atom is -0.348 e. The molecule has 2 amide bonds. The van der Waals surface area contributed by atoms with Gasteiger partial charge in [-0.05, 0) is 37.6 Å². The third kappa shape index (κ3) is 5.11. The molecule has 1 unspecified atom stereocenters. The number of amides is 2. The lowest BCUT2D eigenvalue weighted by Crippen LogP contribution is -2.38. The van der Waals surface area contributed by atoms with Crippen molar-refractivity contribution in [3.05, 3.63) is 70.2 Å². The van der Waals surface area contributed by atoms with E-state index in [1.165, 1.54) is 5.56 Å². The van der Waals surface area contributed by atoms with Crippen molar-refractivity contribution in [2.24, 2.45) is 0 Å². The van der Waals surface area contributed by atoms with Gasteiger partial charge in [0.05, 0.1) is 12.6 Å². The maximum atomic E-state index is 11.9. The standard InChI is InChI=1S/C18H19ClN2O2/c1-12-6-8-14(9-7-12)13(2)21-17(22)11-20-18(23)15-4-3-5-16(19)10-15/h3-10,13H,11H2,1-2H3,(H,20,23)(H,21,22). The average molecular weight is 331 g/mol. The van der Waals surface area contributed by atoms with Crippen molar-refractivity contribution in [3.63, 3.8) is 0 Å². The van der Waals surface area contributed by atoms with Gasteiger partial charge >= 0.3 is 0 Å². The summed E-state index contributed by atoms with van der Waals surface area (Å²) < 4.78 is 0. The molecule has 1 atom stereocenters. The molecule has 120 valence electrons. The maximum absolute atomic E-state index is 11.9. The molecular weight excluding hydrogens is 312 g/mol. The van der Waals surface area contributed by atoms with E-state index in [1.807, 2.05) is 38.1 Å². The van der Waals surface area contributed by atoms with Gasteiger partial charge in [0.2, 0.25) is 5.91 Å². The summed E-state index contributed by atoms with van der Waals surface area (Å²) in [5.74, 6) is -0.570. The molecule has 0 aromatic heterocycles. The lowest BCUT2D eigenvalue weighted by molar-refractivity contribution is -0.120. The quantitative estimate of drug-likeness (QED) is 0.884. The molecule has 0 heterocycles. The van der Waals surface area contributed by atoms with Gasteiger partial charge in [0, 0.05) is 10.6 Å². The van der Waals surface area contributed by atoms with Gasteiger partial charge in [0.25, 0.3) is 5.91 Å². The maximum Gasteiger partial charge on any atom is 0.251 e. The molecule has 2 aromatic rings. The number of carbonyl (C=O) groups is 2. The minimum absolute atomic E-state index is 0.0818. The zero-order valence-corrected chi connectivity index (χ0v) is 13.9. The molecule has 0 aliphatic rings. The summed E-state index contributed by atoms with van der Waals surface area (Å²) in [6, 6.07) is 14.4. The molecule has 2 N–H and O–H groups in total. The van der Waals surface area contributed by atoms with Crippen molar-refractivity contribution in [1.82, 2.24) is 10.6 Å². The Morgan fingerprint density at radius 2 is 1.83 bits per heavy atom. The van der Waals surface area contributed by atoms with E-state index in [1.54, 1.807) is 24.3 Å². The molecule has 2 aromatic carbocycles. The summed E-state index contributed by atoms with van der Waals surface area (Å²) in [6.07, 6.45) is 0. The number of aryl methyl sites for hydroxylation is 1. The summed E-state index contributed by atoms with van der Waals surface area (Å²) >= 11 is 5.84. The largest absolute Gasteiger partial charge is 0.348 e. The van der Waals surface area contributed by atoms with Crippen LogP contribution < -0.4 is 10.6 Å². The van der Waals surface area contributed by atoms with E-state index in [4.69, 9.17) is 11.6 Å². The fraction of sp³-hybridized carbons (Fsp3) is 0.222. The molecule has 0 aliphatic carbocycles. The molecule has 0 saturated carbocycles. The molecule has 23 heavy (non-hydrogen) atoms. The van der Waals surface area contributed by atoms with Crippen LogP contribution in [0, 0.1) is 6.92 Å². The second kappa shape index (κ2) is 7.79. The summed E-state index contributed by atoms with van der Waals surface area (Å²) in [6.45, 7) is 3.83. The molecule has 0 radical (unpaired) electrons. The predicted octanol–water partition coefficient (Wildman–Crippen LogP) is 3.26. The molecule has 4 nitrogen and oxygen atoms in total. The summed E-state index contributed by atoms with van der Waals surface area (Å²) in [5, 5.41) is 5.92. The first-order chi connectivity index (χ1) is 11.0. The highest BCUT2D eigenvalue weighted by atomic mass is 35.5. The van der Waals surface area contributed by atoms with Crippen molar-refractivity contribution in [2.45, 2.75) is 19.9 Å². The summed E-state index contributed by atoms with van der Waals surface area (Å²) in [7, 11) is 0. The summed E-state index contributed by atoms with van der Waals surface area (Å²) in [5.41, 5.74) is 2.61. The van der Waals surface area contributed by atoms with E-state index in [-0.39, 0.29) is 24.4 Å². The fourth-order valence-electron chi connectivity index (χ4n) is 2.12. The Bertz CT molecular complexity index is 698. The predicted molar refractivity (Wildman–Crippen MR) is 91.5 cm³/mol. The molecule has 0 fully saturated rings. The number of nitrogens with one attached hydrogen (secondary N) is 2. The van der Waals surface area contributed by atoms with Crippen LogP contribution in [0.1, 0.15) is 34.5 Å². The monoisotopic (exact) mass is 330 g/mol. The Kier molecular flexibility index (Phi) is 5.77. The van der Waals surface area contributed by atoms with Crippen LogP contribution in [0.15, 0.2) is 48.5 Å². The molecule has 0 saturated heterocycles. The zero-order chi connectivity index (χ0) is 16.8. The number of hydrogen-bond acceptors (Lipinski definition) is 2. The van der Waals surface area contributed by atoms with Crippen LogP contribution in [0.25, 0.3) is 0 Å². The van der Waals surface area contributed by atoms with E-state index in [0.717, 1.165) is 5.56 Å². The Morgan fingerprint density at radius 3 is 2.48 bits per heavy atom. The number of rotatable bonds is 5. The third-order valence-electron chi connectivity index (χ3n) is 3.45. The Balaban J connectivity index is 1.85. The first-order valence-corrected chi connectivity index (χ1v) is 7.73. The van der Waals surface area contributed by atoms with Gasteiger partial charge in [-0.1, -0.05) is 47.5 Å². The van der Waals surface area contributed by atoms with E-state index in [0.29, 0.717) is 10.6 Å². The van der Waals surface area contributed by atoms with Crippen LogP contribution in [0.3, 0.4) is 0 Å². The number of carbonyl (C=O) groups excluding carboxylic acids is 2. The second-order valence-electron chi connectivity index (χ2n) is 5.39. The topological polar surface area (TPSA) is 58.2 Å². The molecule has 5 heteroatoms. The van der Waals surface area contributed by atoms with Gasteiger partial charge < -0.3 is 10.6 Å². The van der Waals surface area contributed by atoms with Crippen LogP contribution in [-0.4, -0.2) is 18.4 Å². The van der Waals surface area contributed by atoms with E-state index < -0.39 is 0 Å². The van der Waals surface area contributed by atoms with Crippen molar-refractivity contribution in [1.29, 1.82) is 0 Å². The Labute approximate surface area is 140 Å². The summed E-state index contributed by atoms with van der Waals surface area (Å²) in [4.78, 5) is 23.9. The van der Waals surface area contributed by atoms with Crippen molar-refractivity contribution in [3.8, 4) is 0 Å². The Hall–Kier alpha value is -2.33. The van der Waals surface area contributed by atoms with Crippen molar-refractivity contribution < 1.29 is 9.59 Å². The molecule has 0 spiro atoms. The van der Waals surface area contributed by atoms with Crippen molar-refractivity contribution >= 4 is 23.4 Å². The number of halogens is 1. The fourth-order valence-corrected chi connectivity index (χ4v) is 2.31. The number of benzene rings is 2. The Morgan fingerprint density at radius 1 is 1.13 bits per heavy atom. The average Bonchev–Trinajstić information content (AvgIpc) is 2.53. The highest BCUT2D eigenvalue weighted by Gasteiger charge is 2.11.